The van der Waals surface area contributed by atoms with E-state index in [0.29, 0.717) is 23.0 Å². The predicted octanol–water partition coefficient (Wildman–Crippen LogP) is 8.22. The summed E-state index contributed by atoms with van der Waals surface area (Å²) >= 11 is 0. The number of hydrogen-bond acceptors (Lipinski definition) is 9. The summed E-state index contributed by atoms with van der Waals surface area (Å²) in [6.45, 7) is 17.0. The summed E-state index contributed by atoms with van der Waals surface area (Å²) in [5, 5.41) is 2.95. The van der Waals surface area contributed by atoms with Gasteiger partial charge in [-0.2, -0.15) is 0 Å². The number of pyridine rings is 1. The maximum atomic E-state index is 13.1. The average molecular weight is 633 g/mol. The van der Waals surface area contributed by atoms with Gasteiger partial charge in [0.05, 0.1) is 23.9 Å². The molecule has 2 N–H and O–H groups in total. The highest BCUT2D eigenvalue weighted by atomic mass is 16.7. The number of anilines is 1. The molecule has 5 rings (SSSR count). The number of amidine groups is 1. The van der Waals surface area contributed by atoms with Crippen molar-refractivity contribution >= 4 is 23.6 Å². The van der Waals surface area contributed by atoms with Crippen LogP contribution in [-0.4, -0.2) is 52.9 Å². The maximum Gasteiger partial charge on any atom is 0.293 e. The molecular weight excluding hydrogens is 580 g/mol. The van der Waals surface area contributed by atoms with Crippen LogP contribution in [0, 0.1) is 13.8 Å². The van der Waals surface area contributed by atoms with Gasteiger partial charge in [0.15, 0.2) is 12.1 Å². The summed E-state index contributed by atoms with van der Waals surface area (Å²) in [7, 11) is 0. The molecule has 2 aliphatic heterocycles. The number of nitrogens with one attached hydrogen (secondary N) is 2. The lowest BCUT2D eigenvalue weighted by Gasteiger charge is -2.27. The number of nitrogens with zero attached hydrogens (tertiary/aromatic N) is 4. The number of unbranched alkanes of at least 4 members (excludes halogenated alkanes) is 1. The summed E-state index contributed by atoms with van der Waals surface area (Å²) < 4.78 is 11.8. The van der Waals surface area contributed by atoms with Crippen molar-refractivity contribution in [2.45, 2.75) is 119 Å². The van der Waals surface area contributed by atoms with Crippen LogP contribution in [0.3, 0.4) is 0 Å². The molecule has 3 unspecified atom stereocenters. The molecule has 0 spiro atoms. The van der Waals surface area contributed by atoms with Crippen LogP contribution >= 0.6 is 0 Å². The predicted molar refractivity (Wildman–Crippen MR) is 186 cm³/mol. The minimum Gasteiger partial charge on any atom is -0.431 e. The first-order chi connectivity index (χ1) is 22.4. The van der Waals surface area contributed by atoms with E-state index in [0.717, 1.165) is 67.5 Å². The van der Waals surface area contributed by atoms with Crippen LogP contribution < -0.4 is 10.8 Å². The van der Waals surface area contributed by atoms with Gasteiger partial charge in [-0.05, 0) is 70.1 Å². The second kappa shape index (κ2) is 18.9. The topological polar surface area (TPSA) is 123 Å². The zero-order valence-electron chi connectivity index (χ0n) is 28.9. The largest absolute Gasteiger partial charge is 0.431 e. The van der Waals surface area contributed by atoms with Gasteiger partial charge in [-0.3, -0.25) is 14.8 Å². The minimum atomic E-state index is -0.396. The van der Waals surface area contributed by atoms with Crippen molar-refractivity contribution in [1.29, 1.82) is 0 Å². The van der Waals surface area contributed by atoms with E-state index in [1.165, 1.54) is 12.6 Å². The Morgan fingerprint density at radius 3 is 2.61 bits per heavy atom. The fourth-order valence-electron chi connectivity index (χ4n) is 5.06. The van der Waals surface area contributed by atoms with Gasteiger partial charge >= 0.3 is 0 Å². The molecule has 0 radical (unpaired) electrons. The third-order valence-corrected chi connectivity index (χ3v) is 7.70. The van der Waals surface area contributed by atoms with Crippen molar-refractivity contribution in [2.24, 2.45) is 9.98 Å². The number of aryl methyl sites for hydroxylation is 2. The van der Waals surface area contributed by atoms with Crippen LogP contribution in [0.5, 0.6) is 0 Å². The minimum absolute atomic E-state index is 0.102. The summed E-state index contributed by atoms with van der Waals surface area (Å²) in [5.74, 6) is 0.671. The molecule has 46 heavy (non-hydrogen) atoms. The number of aliphatic imine (C=N–C) groups is 2. The zero-order chi connectivity index (χ0) is 33.5. The number of amides is 1. The van der Waals surface area contributed by atoms with E-state index in [2.05, 4.69) is 39.6 Å². The van der Waals surface area contributed by atoms with Gasteiger partial charge in [0.2, 0.25) is 11.7 Å². The molecule has 1 saturated heterocycles. The number of hydrogen-bond donors (Lipinski definition) is 2. The van der Waals surface area contributed by atoms with Gasteiger partial charge in [-0.25, -0.2) is 20.3 Å². The Morgan fingerprint density at radius 1 is 1.09 bits per heavy atom. The molecule has 0 saturated carbocycles. The zero-order valence-corrected chi connectivity index (χ0v) is 28.9. The second-order valence-corrected chi connectivity index (χ2v) is 10.9. The van der Waals surface area contributed by atoms with Crippen LogP contribution in [0.25, 0.3) is 11.5 Å². The van der Waals surface area contributed by atoms with E-state index in [4.69, 9.17) is 19.0 Å². The smallest absolute Gasteiger partial charge is 0.293 e. The number of hydroxylamine groups is 1. The Bertz CT molecular complexity index is 1440. The lowest BCUT2D eigenvalue weighted by atomic mass is 10.0. The van der Waals surface area contributed by atoms with E-state index < -0.39 is 5.91 Å². The van der Waals surface area contributed by atoms with E-state index in [-0.39, 0.29) is 24.1 Å². The number of aromatic nitrogens is 2. The highest BCUT2D eigenvalue weighted by molar-refractivity contribution is 6.04. The van der Waals surface area contributed by atoms with E-state index in [9.17, 15) is 4.79 Å². The highest BCUT2D eigenvalue weighted by Crippen LogP contribution is 2.24. The summed E-state index contributed by atoms with van der Waals surface area (Å²) in [5.41, 5.74) is 7.70. The lowest BCUT2D eigenvalue weighted by Crippen LogP contribution is -2.30. The normalized spacial score (nSPS) is 18.0. The van der Waals surface area contributed by atoms with Crippen molar-refractivity contribution in [3.05, 3.63) is 64.8 Å². The molecular formula is C36H52N6O4. The average Bonchev–Trinajstić information content (AvgIpc) is 3.79. The first kappa shape index (κ1) is 36.6. The standard InChI is InChI=1S/C32H40N6O4.2C2H6/c1-5-7-11-29-37-30(38-42-29)22-13-12-20(3)26(16-22)36-31(39)28-19-35-32(41-28)24-15-23(21(4)33-18-24)17-34-25(6-2)27-10-8-9-14-40-27;2*1-2/h12-13,15-19,25,27,29H,5-11,14H2,1-4H3,(H,36,39)(H,37,38);2*1-2H3. The molecule has 1 fully saturated rings. The van der Waals surface area contributed by atoms with Crippen molar-refractivity contribution in [1.82, 2.24) is 15.4 Å². The van der Waals surface area contributed by atoms with Gasteiger partial charge in [0.25, 0.3) is 5.91 Å². The van der Waals surface area contributed by atoms with Crippen molar-refractivity contribution < 1.29 is 18.8 Å². The number of carbonyl (C=O) groups excluding carboxylic acids is 1. The van der Waals surface area contributed by atoms with Gasteiger partial charge in [-0.1, -0.05) is 60.1 Å². The van der Waals surface area contributed by atoms with Crippen LogP contribution in [0.4, 0.5) is 5.69 Å². The molecule has 1 amide bonds. The molecule has 10 nitrogen and oxygen atoms in total. The fraction of sp³-hybridized carbons (Fsp3) is 0.528. The van der Waals surface area contributed by atoms with Gasteiger partial charge in [0.1, 0.15) is 0 Å². The molecule has 1 aromatic carbocycles. The molecule has 250 valence electrons. The van der Waals surface area contributed by atoms with Crippen molar-refractivity contribution in [2.75, 3.05) is 11.9 Å². The molecule has 2 aliphatic rings. The quantitative estimate of drug-likeness (QED) is 0.204. The van der Waals surface area contributed by atoms with Crippen molar-refractivity contribution in [3.8, 4) is 11.5 Å². The first-order valence-corrected chi connectivity index (χ1v) is 16.9. The maximum absolute atomic E-state index is 13.1. The van der Waals surface area contributed by atoms with E-state index in [1.807, 2.05) is 72.0 Å². The van der Waals surface area contributed by atoms with Gasteiger partial charge < -0.3 is 14.5 Å². The molecule has 4 heterocycles. The molecule has 3 atom stereocenters. The summed E-state index contributed by atoms with van der Waals surface area (Å²) in [6, 6.07) is 7.81. The third-order valence-electron chi connectivity index (χ3n) is 7.70. The molecule has 0 aliphatic carbocycles. The molecule has 10 heteroatoms. The van der Waals surface area contributed by atoms with Gasteiger partial charge in [-0.15, -0.1) is 0 Å². The Hall–Kier alpha value is -3.89. The number of rotatable bonds is 11. The number of oxazole rings is 1. The van der Waals surface area contributed by atoms with Crippen LogP contribution in [0.2, 0.25) is 0 Å². The summed E-state index contributed by atoms with van der Waals surface area (Å²) in [4.78, 5) is 37.1. The Kier molecular flexibility index (Phi) is 15.1. The number of ether oxygens (including phenoxy) is 1. The SMILES string of the molecule is CC.CC.CCCCC1N=C(c2ccc(C)c(NC(=O)c3cnc(-c4cnc(C)c(C=NC(CC)C5CCCCO5)c4)o3)c2)NO1. The first-order valence-electron chi connectivity index (χ1n) is 16.9. The Morgan fingerprint density at radius 2 is 1.89 bits per heavy atom. The number of benzene rings is 1. The monoisotopic (exact) mass is 632 g/mol. The summed E-state index contributed by atoms with van der Waals surface area (Å²) in [6.07, 6.45) is 12.2. The lowest BCUT2D eigenvalue weighted by molar-refractivity contribution is 0.000548. The molecule has 2 aromatic heterocycles. The second-order valence-electron chi connectivity index (χ2n) is 10.9. The number of carbonyl (C=O) groups is 1. The van der Waals surface area contributed by atoms with Crippen LogP contribution in [0.15, 0.2) is 51.1 Å². The van der Waals surface area contributed by atoms with E-state index in [1.54, 1.807) is 6.20 Å². The molecule has 0 bridgehead atoms. The van der Waals surface area contributed by atoms with Crippen LogP contribution in [0.1, 0.15) is 119 Å². The van der Waals surface area contributed by atoms with Gasteiger partial charge in [0, 0.05) is 41.5 Å². The Labute approximate surface area is 274 Å². The Balaban J connectivity index is 0.00000139. The fourth-order valence-corrected chi connectivity index (χ4v) is 5.06. The van der Waals surface area contributed by atoms with Crippen LogP contribution in [-0.2, 0) is 9.57 Å². The third kappa shape index (κ3) is 9.80. The van der Waals surface area contributed by atoms with E-state index >= 15 is 0 Å². The van der Waals surface area contributed by atoms with Crippen molar-refractivity contribution in [3.63, 3.8) is 0 Å². The highest BCUT2D eigenvalue weighted by Gasteiger charge is 2.23. The molecule has 3 aromatic rings.